The lowest BCUT2D eigenvalue weighted by atomic mass is 10.2. The number of rotatable bonds is 10. The second-order valence-electron chi connectivity index (χ2n) is 4.78. The molecule has 1 heterocycles. The van der Waals surface area contributed by atoms with E-state index in [1.165, 1.54) is 4.90 Å². The molecule has 28 heavy (non-hydrogen) atoms. The van der Waals surface area contributed by atoms with Crippen LogP contribution in [0, 0.1) is 0 Å². The highest BCUT2D eigenvalue weighted by molar-refractivity contribution is 9.51. The first-order chi connectivity index (χ1) is 13.8. The number of hydrogen-bond acceptors (Lipinski definition) is 13. The predicted molar refractivity (Wildman–Crippen MR) is 137 cm³/mol. The van der Waals surface area contributed by atoms with E-state index in [1.54, 1.807) is 97.5 Å². The average Bonchev–Trinajstić information content (AvgIpc) is 2.76. The number of fused-ring (bicyclic) bond motifs is 1. The van der Waals surface area contributed by atoms with Crippen LogP contribution in [0.1, 0.15) is 10.4 Å². The van der Waals surface area contributed by atoms with Crippen LogP contribution in [0.2, 0.25) is 0 Å². The van der Waals surface area contributed by atoms with Crippen molar-refractivity contribution in [2.24, 2.45) is 0 Å². The number of benzene rings is 1. The Labute approximate surface area is 199 Å². The Morgan fingerprint density at radius 2 is 1.43 bits per heavy atom. The van der Waals surface area contributed by atoms with E-state index in [9.17, 15) is 4.79 Å². The van der Waals surface area contributed by atoms with Gasteiger partial charge in [-0.1, -0.05) is 0 Å². The number of carbonyl (C=O) groups is 1. The predicted octanol–water partition coefficient (Wildman–Crippen LogP) is 6.75. The second-order valence-corrected chi connectivity index (χ2v) is 19.4. The fourth-order valence-corrected chi connectivity index (χ4v) is 21.6. The van der Waals surface area contributed by atoms with E-state index in [4.69, 9.17) is 14.2 Å². The summed E-state index contributed by atoms with van der Waals surface area (Å²) in [4.78, 5) is 14.7. The fourth-order valence-electron chi connectivity index (χ4n) is 1.74. The van der Waals surface area contributed by atoms with Gasteiger partial charge in [0, 0.05) is 29.0 Å². The van der Waals surface area contributed by atoms with Gasteiger partial charge in [0.2, 0.25) is 0 Å². The number of hydrogen-bond donors (Lipinski definition) is 1. The lowest BCUT2D eigenvalue weighted by molar-refractivity contribution is 0.0255. The van der Waals surface area contributed by atoms with Gasteiger partial charge in [0.25, 0.3) is 5.91 Å². The molecule has 1 N–H and O–H groups in total. The third-order valence-corrected chi connectivity index (χ3v) is 20.3. The second kappa shape index (κ2) is 17.3. The van der Waals surface area contributed by atoms with E-state index in [1.807, 2.05) is 18.2 Å². The number of ether oxygens (including phenoxy) is 3. The molecule has 0 atom stereocenters. The molecule has 0 aromatic heterocycles. The van der Waals surface area contributed by atoms with E-state index in [-0.39, 0.29) is 5.91 Å². The van der Waals surface area contributed by atoms with Crippen molar-refractivity contribution in [3.05, 3.63) is 23.8 Å². The zero-order chi connectivity index (χ0) is 19.9. The average molecular weight is 554 g/mol. The van der Waals surface area contributed by atoms with Gasteiger partial charge in [0.05, 0.1) is 33.0 Å². The maximum atomic E-state index is 12.4. The molecule has 2 rings (SSSR count). The summed E-state index contributed by atoms with van der Waals surface area (Å²) in [5.74, 6) is -0.0807. The van der Waals surface area contributed by atoms with Gasteiger partial charge in [-0.05, 0) is 109 Å². The van der Waals surface area contributed by atoms with Crippen LogP contribution in [0.15, 0.2) is 28.0 Å². The highest BCUT2D eigenvalue weighted by Crippen LogP contribution is 2.62. The minimum absolute atomic E-state index is 0.0807. The summed E-state index contributed by atoms with van der Waals surface area (Å²) in [5.41, 5.74) is 0.671. The van der Waals surface area contributed by atoms with Crippen molar-refractivity contribution in [3.63, 3.8) is 0 Å². The summed E-state index contributed by atoms with van der Waals surface area (Å²) in [7, 11) is 17.3. The Morgan fingerprint density at radius 1 is 0.821 bits per heavy atom. The number of nitrogens with one attached hydrogen (secondary N) is 1. The summed E-state index contributed by atoms with van der Waals surface area (Å²) < 4.78 is 15.7. The van der Waals surface area contributed by atoms with Gasteiger partial charge in [-0.15, -0.1) is 0 Å². The summed E-state index contributed by atoms with van der Waals surface area (Å²) in [5, 5.41) is 2.90. The molecule has 1 aromatic rings. The Balaban J connectivity index is 1.73. The minimum Gasteiger partial charge on any atom is -0.382 e. The van der Waals surface area contributed by atoms with Crippen molar-refractivity contribution < 1.29 is 19.0 Å². The van der Waals surface area contributed by atoms with Crippen molar-refractivity contribution in [2.75, 3.05) is 46.7 Å². The number of amides is 1. The summed E-state index contributed by atoms with van der Waals surface area (Å²) in [6.07, 6.45) is 0. The lowest BCUT2D eigenvalue weighted by Gasteiger charge is -2.10. The molecule has 1 aromatic carbocycles. The van der Waals surface area contributed by atoms with Crippen LogP contribution >= 0.6 is 90.4 Å². The van der Waals surface area contributed by atoms with Gasteiger partial charge < -0.3 is 19.5 Å². The van der Waals surface area contributed by atoms with E-state index < -0.39 is 0 Å². The fraction of sp³-hybridized carbons (Fsp3) is 0.500. The molecule has 14 heteroatoms. The molecule has 0 saturated heterocycles. The van der Waals surface area contributed by atoms with Crippen molar-refractivity contribution in [1.82, 2.24) is 5.32 Å². The van der Waals surface area contributed by atoms with Crippen LogP contribution in [-0.2, 0) is 14.2 Å². The molecule has 0 bridgehead atoms. The highest BCUT2D eigenvalue weighted by Gasteiger charge is 2.13. The van der Waals surface area contributed by atoms with E-state index in [2.05, 4.69) is 5.32 Å². The number of methoxy groups -OCH3 is 1. The molecule has 0 radical (unpaired) electrons. The Kier molecular flexibility index (Phi) is 16.0. The molecule has 1 aliphatic rings. The summed E-state index contributed by atoms with van der Waals surface area (Å²) in [6.45, 7) is 3.11. The van der Waals surface area contributed by atoms with Gasteiger partial charge in [-0.3, -0.25) is 4.79 Å². The molecule has 5 nitrogen and oxygen atoms in total. The lowest BCUT2D eigenvalue weighted by Crippen LogP contribution is -2.27. The molecule has 0 fully saturated rings. The summed E-state index contributed by atoms with van der Waals surface area (Å²) in [6, 6.07) is 5.87. The Bertz CT molecular complexity index is 584. The zero-order valence-corrected chi connectivity index (χ0v) is 22.1. The van der Waals surface area contributed by atoms with Crippen LogP contribution in [0.4, 0.5) is 0 Å². The quantitative estimate of drug-likeness (QED) is 0.246. The Hall–Kier alpha value is 1.72. The van der Waals surface area contributed by atoms with Gasteiger partial charge in [0.1, 0.15) is 0 Å². The van der Waals surface area contributed by atoms with Crippen LogP contribution in [-0.4, -0.2) is 52.6 Å². The molecule has 0 saturated carbocycles. The summed E-state index contributed by atoms with van der Waals surface area (Å²) >= 11 is 0. The normalized spacial score (nSPS) is 15.5. The molecule has 1 aliphatic heterocycles. The number of carbonyl (C=O) groups excluding carboxylic acids is 1. The highest BCUT2D eigenvalue weighted by atomic mass is 34.0. The first-order valence-electron chi connectivity index (χ1n) is 7.89. The van der Waals surface area contributed by atoms with E-state index in [0.717, 1.165) is 4.90 Å². The standard InChI is InChI=1S/C14H19NO4S9/c1-17-6-7-19-9-8-18-5-4-15-14(16)11-2-3-12-13(10-11)21-23-25-27-28-26-24-22-20-12/h2-3,10H,4-9H2,1H3,(H,15,16). The molecule has 0 unspecified atom stereocenters. The van der Waals surface area contributed by atoms with Crippen molar-refractivity contribution in [1.29, 1.82) is 0 Å². The van der Waals surface area contributed by atoms with Gasteiger partial charge >= 0.3 is 0 Å². The van der Waals surface area contributed by atoms with E-state index >= 15 is 0 Å². The maximum Gasteiger partial charge on any atom is 0.251 e. The Morgan fingerprint density at radius 3 is 2.14 bits per heavy atom. The van der Waals surface area contributed by atoms with Gasteiger partial charge in [-0.2, -0.15) is 0 Å². The molecular formula is C14H19NO4S9. The van der Waals surface area contributed by atoms with Gasteiger partial charge in [0.15, 0.2) is 0 Å². The largest absolute Gasteiger partial charge is 0.382 e. The monoisotopic (exact) mass is 553 g/mol. The molecule has 1 amide bonds. The third-order valence-electron chi connectivity index (χ3n) is 2.96. The van der Waals surface area contributed by atoms with Crippen molar-refractivity contribution in [3.8, 4) is 0 Å². The zero-order valence-electron chi connectivity index (χ0n) is 14.8. The molecule has 0 aliphatic carbocycles. The molecule has 0 spiro atoms. The maximum absolute atomic E-state index is 12.4. The molecule has 158 valence electrons. The molecular weight excluding hydrogens is 535 g/mol. The van der Waals surface area contributed by atoms with Crippen LogP contribution in [0.5, 0.6) is 0 Å². The smallest absolute Gasteiger partial charge is 0.251 e. The van der Waals surface area contributed by atoms with Crippen LogP contribution in [0.3, 0.4) is 0 Å². The SMILES string of the molecule is COCCOCCOCCNC(=O)c1ccc2c(c1)SSSSSSSSS2. The van der Waals surface area contributed by atoms with Crippen molar-refractivity contribution >= 4 is 96.3 Å². The first kappa shape index (κ1) is 26.0. The third kappa shape index (κ3) is 11.4. The van der Waals surface area contributed by atoms with Crippen LogP contribution < -0.4 is 5.32 Å². The van der Waals surface area contributed by atoms with Crippen molar-refractivity contribution in [2.45, 2.75) is 9.79 Å². The first-order valence-corrected chi connectivity index (χ1v) is 19.4. The topological polar surface area (TPSA) is 56.8 Å². The van der Waals surface area contributed by atoms with Gasteiger partial charge in [-0.25, -0.2) is 0 Å². The van der Waals surface area contributed by atoms with Crippen LogP contribution in [0.25, 0.3) is 0 Å². The van der Waals surface area contributed by atoms with E-state index in [0.29, 0.717) is 45.1 Å². The minimum atomic E-state index is -0.0807.